The predicted octanol–water partition coefficient (Wildman–Crippen LogP) is 4.35. The Bertz CT molecular complexity index is 1280. The zero-order valence-corrected chi connectivity index (χ0v) is 18.3. The van der Waals surface area contributed by atoms with Gasteiger partial charge < -0.3 is 19.0 Å². The second kappa shape index (κ2) is 8.84. The molecule has 4 rings (SSSR count). The summed E-state index contributed by atoms with van der Waals surface area (Å²) in [4.78, 5) is 39.5. The molecule has 1 atom stereocenters. The Morgan fingerprint density at radius 3 is 2.55 bits per heavy atom. The molecule has 1 aliphatic rings. The number of furan rings is 1. The number of nitrogens with zero attached hydrogens (tertiary/aromatic N) is 1. The van der Waals surface area contributed by atoms with Gasteiger partial charge in [0.15, 0.2) is 0 Å². The molecule has 0 bridgehead atoms. The van der Waals surface area contributed by atoms with Crippen LogP contribution in [0.3, 0.4) is 0 Å². The van der Waals surface area contributed by atoms with Gasteiger partial charge in [-0.25, -0.2) is 4.79 Å². The third-order valence-electron chi connectivity index (χ3n) is 5.22. The van der Waals surface area contributed by atoms with E-state index in [1.165, 1.54) is 44.7 Å². The van der Waals surface area contributed by atoms with Gasteiger partial charge in [0.1, 0.15) is 23.3 Å². The summed E-state index contributed by atoms with van der Waals surface area (Å²) in [6.45, 7) is 0. The minimum atomic E-state index is -1.10. The monoisotopic (exact) mass is 467 g/mol. The maximum absolute atomic E-state index is 13.2. The first kappa shape index (κ1) is 22.2. The standard InChI is InChI=1S/C24H18ClNO7/c1-31-17-9-8-14(25)12-16(17)21(27)19-20(18-7-4-10-33-18)26(23(29)22(19)28)15-6-3-5-13(11-15)24(30)32-2/h3-12,20,27H,1-2H3/b21-19-. The smallest absolute Gasteiger partial charge is 0.337 e. The number of aliphatic hydroxyl groups excluding tert-OH is 1. The number of ether oxygens (including phenoxy) is 2. The molecule has 0 aliphatic carbocycles. The minimum Gasteiger partial charge on any atom is -0.507 e. The highest BCUT2D eigenvalue weighted by Gasteiger charge is 2.48. The summed E-state index contributed by atoms with van der Waals surface area (Å²) >= 11 is 6.10. The number of carbonyl (C=O) groups excluding carboxylic acids is 3. The van der Waals surface area contributed by atoms with Crippen LogP contribution in [0.5, 0.6) is 5.75 Å². The van der Waals surface area contributed by atoms with Crippen LogP contribution < -0.4 is 9.64 Å². The van der Waals surface area contributed by atoms with Crippen molar-refractivity contribution in [2.45, 2.75) is 6.04 Å². The van der Waals surface area contributed by atoms with Crippen LogP contribution in [0.25, 0.3) is 5.76 Å². The number of amides is 1. The number of carbonyl (C=O) groups is 3. The van der Waals surface area contributed by atoms with Crippen LogP contribution in [-0.2, 0) is 14.3 Å². The van der Waals surface area contributed by atoms with Gasteiger partial charge in [-0.15, -0.1) is 0 Å². The highest BCUT2D eigenvalue weighted by atomic mass is 35.5. The van der Waals surface area contributed by atoms with E-state index >= 15 is 0 Å². The largest absolute Gasteiger partial charge is 0.507 e. The maximum Gasteiger partial charge on any atom is 0.337 e. The number of hydrogen-bond acceptors (Lipinski definition) is 7. The van der Waals surface area contributed by atoms with Gasteiger partial charge in [0.05, 0.1) is 37.2 Å². The van der Waals surface area contributed by atoms with Crippen LogP contribution in [0, 0.1) is 0 Å². The molecule has 0 saturated carbocycles. The number of esters is 1. The fraction of sp³-hybridized carbons (Fsp3) is 0.125. The number of halogens is 1. The van der Waals surface area contributed by atoms with E-state index in [0.717, 1.165) is 4.90 Å². The van der Waals surface area contributed by atoms with Crippen molar-refractivity contribution in [1.82, 2.24) is 0 Å². The molecule has 2 aromatic carbocycles. The molecule has 1 fully saturated rings. The Morgan fingerprint density at radius 2 is 1.88 bits per heavy atom. The first-order chi connectivity index (χ1) is 15.9. The summed E-state index contributed by atoms with van der Waals surface area (Å²) in [7, 11) is 2.64. The van der Waals surface area contributed by atoms with Crippen molar-refractivity contribution in [2.24, 2.45) is 0 Å². The Morgan fingerprint density at radius 1 is 1.09 bits per heavy atom. The molecule has 1 aliphatic heterocycles. The van der Waals surface area contributed by atoms with Crippen molar-refractivity contribution >= 4 is 40.7 Å². The number of benzene rings is 2. The molecule has 1 aromatic heterocycles. The van der Waals surface area contributed by atoms with E-state index in [-0.39, 0.29) is 33.9 Å². The van der Waals surface area contributed by atoms with E-state index in [4.69, 9.17) is 25.5 Å². The second-order valence-corrected chi connectivity index (χ2v) is 7.51. The quantitative estimate of drug-likeness (QED) is 0.257. The van der Waals surface area contributed by atoms with E-state index in [0.29, 0.717) is 5.02 Å². The van der Waals surface area contributed by atoms with Crippen molar-refractivity contribution in [3.63, 3.8) is 0 Å². The number of aliphatic hydroxyl groups is 1. The number of methoxy groups -OCH3 is 2. The SMILES string of the molecule is COC(=O)c1cccc(N2C(=O)C(=O)/C(=C(\O)c3cc(Cl)ccc3OC)C2c2ccco2)c1. The molecule has 8 nitrogen and oxygen atoms in total. The summed E-state index contributed by atoms with van der Waals surface area (Å²) in [5.74, 6) is -2.41. The van der Waals surface area contributed by atoms with Crippen molar-refractivity contribution in [1.29, 1.82) is 0 Å². The van der Waals surface area contributed by atoms with E-state index in [2.05, 4.69) is 0 Å². The fourth-order valence-electron chi connectivity index (χ4n) is 3.73. The van der Waals surface area contributed by atoms with Gasteiger partial charge in [-0.1, -0.05) is 17.7 Å². The van der Waals surface area contributed by atoms with Crippen LogP contribution in [0.15, 0.2) is 70.9 Å². The number of anilines is 1. The molecule has 1 amide bonds. The molecule has 33 heavy (non-hydrogen) atoms. The number of rotatable bonds is 5. The molecule has 0 spiro atoms. The molecule has 9 heteroatoms. The fourth-order valence-corrected chi connectivity index (χ4v) is 3.90. The topological polar surface area (TPSA) is 106 Å². The summed E-state index contributed by atoms with van der Waals surface area (Å²) in [5, 5.41) is 11.5. The molecule has 1 saturated heterocycles. The molecule has 1 N–H and O–H groups in total. The summed E-state index contributed by atoms with van der Waals surface area (Å²) in [5.41, 5.74) is 0.368. The van der Waals surface area contributed by atoms with Crippen LogP contribution >= 0.6 is 11.6 Å². The summed E-state index contributed by atoms with van der Waals surface area (Å²) < 4.78 is 15.6. The van der Waals surface area contributed by atoms with Crippen molar-refractivity contribution in [3.05, 3.63) is 88.3 Å². The lowest BCUT2D eigenvalue weighted by Gasteiger charge is -2.23. The van der Waals surface area contributed by atoms with Gasteiger partial charge in [0.2, 0.25) is 0 Å². The lowest BCUT2D eigenvalue weighted by Crippen LogP contribution is -2.29. The Kier molecular flexibility index (Phi) is 5.93. The molecular formula is C24H18ClNO7. The summed E-state index contributed by atoms with van der Waals surface area (Å²) in [6.07, 6.45) is 1.39. The predicted molar refractivity (Wildman–Crippen MR) is 119 cm³/mol. The van der Waals surface area contributed by atoms with Gasteiger partial charge in [-0.05, 0) is 48.5 Å². The molecule has 168 valence electrons. The van der Waals surface area contributed by atoms with Crippen LogP contribution in [0.2, 0.25) is 5.02 Å². The molecule has 3 aromatic rings. The average molecular weight is 468 g/mol. The lowest BCUT2D eigenvalue weighted by molar-refractivity contribution is -0.132. The van der Waals surface area contributed by atoms with E-state index < -0.39 is 29.5 Å². The van der Waals surface area contributed by atoms with Crippen LogP contribution in [-0.4, -0.2) is 37.0 Å². The Balaban J connectivity index is 1.94. The zero-order chi connectivity index (χ0) is 23.7. The van der Waals surface area contributed by atoms with E-state index in [9.17, 15) is 19.5 Å². The number of ketones is 1. The van der Waals surface area contributed by atoms with Crippen LogP contribution in [0.4, 0.5) is 5.69 Å². The second-order valence-electron chi connectivity index (χ2n) is 7.07. The van der Waals surface area contributed by atoms with Gasteiger partial charge in [0, 0.05) is 10.7 Å². The highest BCUT2D eigenvalue weighted by Crippen LogP contribution is 2.43. The molecule has 2 heterocycles. The lowest BCUT2D eigenvalue weighted by atomic mass is 9.98. The van der Waals surface area contributed by atoms with Gasteiger partial charge >= 0.3 is 5.97 Å². The third-order valence-corrected chi connectivity index (χ3v) is 5.45. The van der Waals surface area contributed by atoms with E-state index in [1.54, 1.807) is 30.3 Å². The molecule has 1 unspecified atom stereocenters. The normalized spacial score (nSPS) is 17.3. The van der Waals surface area contributed by atoms with E-state index in [1.807, 2.05) is 0 Å². The molecule has 0 radical (unpaired) electrons. The first-order valence-corrected chi connectivity index (χ1v) is 10.1. The maximum atomic E-state index is 13.2. The summed E-state index contributed by atoms with van der Waals surface area (Å²) in [6, 6.07) is 12.7. The Labute approximate surface area is 193 Å². The first-order valence-electron chi connectivity index (χ1n) is 9.74. The molecular weight excluding hydrogens is 450 g/mol. The third kappa shape index (κ3) is 3.85. The minimum absolute atomic E-state index is 0.142. The highest BCUT2D eigenvalue weighted by molar-refractivity contribution is 6.51. The average Bonchev–Trinajstić information content (AvgIpc) is 3.45. The van der Waals surface area contributed by atoms with Crippen LogP contribution in [0.1, 0.15) is 27.7 Å². The van der Waals surface area contributed by atoms with Gasteiger partial charge in [-0.2, -0.15) is 0 Å². The van der Waals surface area contributed by atoms with Gasteiger partial charge in [-0.3, -0.25) is 14.5 Å². The number of Topliss-reactive ketones (excluding diaryl/α,β-unsaturated/α-hetero) is 1. The Hall–Kier alpha value is -4.04. The van der Waals surface area contributed by atoms with Crippen molar-refractivity contribution in [2.75, 3.05) is 19.1 Å². The van der Waals surface area contributed by atoms with Gasteiger partial charge in [0.25, 0.3) is 11.7 Å². The van der Waals surface area contributed by atoms with Crippen molar-refractivity contribution < 1.29 is 33.4 Å². The number of hydrogen-bond donors (Lipinski definition) is 1. The zero-order valence-electron chi connectivity index (χ0n) is 17.6. The van der Waals surface area contributed by atoms with Crippen molar-refractivity contribution in [3.8, 4) is 5.75 Å².